The molecule has 1 aromatic carbocycles. The Bertz CT molecular complexity index is 1110. The summed E-state index contributed by atoms with van der Waals surface area (Å²) < 4.78 is 28.5. The molecular weight excluding hydrogens is 398 g/mol. The van der Waals surface area contributed by atoms with Gasteiger partial charge in [0.25, 0.3) is 5.69 Å². The Balaban J connectivity index is 1.53. The Hall–Kier alpha value is -3.38. The van der Waals surface area contributed by atoms with Crippen LogP contribution in [0.4, 0.5) is 11.5 Å². The van der Waals surface area contributed by atoms with Gasteiger partial charge < -0.3 is 5.32 Å². The van der Waals surface area contributed by atoms with Crippen LogP contribution in [0, 0.1) is 24.0 Å². The van der Waals surface area contributed by atoms with Crippen molar-refractivity contribution in [3.63, 3.8) is 0 Å². The van der Waals surface area contributed by atoms with Crippen LogP contribution in [-0.4, -0.2) is 46.4 Å². The molecule has 0 bridgehead atoms. The van der Waals surface area contributed by atoms with Gasteiger partial charge in [-0.3, -0.25) is 10.1 Å². The van der Waals surface area contributed by atoms with Crippen molar-refractivity contribution < 1.29 is 13.3 Å². The first-order chi connectivity index (χ1) is 13.8. The molecule has 0 radical (unpaired) electrons. The van der Waals surface area contributed by atoms with Crippen molar-refractivity contribution in [2.45, 2.75) is 18.7 Å². The highest BCUT2D eigenvalue weighted by atomic mass is 32.2. The summed E-state index contributed by atoms with van der Waals surface area (Å²) in [4.78, 5) is 10.0. The van der Waals surface area contributed by atoms with Crippen LogP contribution in [-0.2, 0) is 10.0 Å². The van der Waals surface area contributed by atoms with Gasteiger partial charge in [0.2, 0.25) is 10.0 Å². The SMILES string of the molecule is Cc1cc(C)n(-c2ccc(NCCNS(=O)(=O)c3ccc([N+](=O)[O-])cc3)nn2)n1. The van der Waals surface area contributed by atoms with Crippen LogP contribution >= 0.6 is 0 Å². The molecule has 0 aliphatic carbocycles. The molecule has 0 amide bonds. The van der Waals surface area contributed by atoms with Gasteiger partial charge in [0.05, 0.1) is 15.5 Å². The quantitative estimate of drug-likeness (QED) is 0.319. The highest BCUT2D eigenvalue weighted by Crippen LogP contribution is 2.15. The third-order valence-electron chi connectivity index (χ3n) is 3.96. The summed E-state index contributed by atoms with van der Waals surface area (Å²) in [6, 6.07) is 10.1. The minimum Gasteiger partial charge on any atom is -0.367 e. The number of hydrogen-bond donors (Lipinski definition) is 2. The number of hydrogen-bond acceptors (Lipinski definition) is 8. The lowest BCUT2D eigenvalue weighted by Gasteiger charge is -2.08. The average molecular weight is 417 g/mol. The van der Waals surface area contributed by atoms with E-state index in [1.807, 2.05) is 19.9 Å². The van der Waals surface area contributed by atoms with Gasteiger partial charge >= 0.3 is 0 Å². The van der Waals surface area contributed by atoms with Crippen molar-refractivity contribution in [3.05, 3.63) is 64.0 Å². The van der Waals surface area contributed by atoms with Gasteiger partial charge in [0, 0.05) is 30.9 Å². The zero-order valence-electron chi connectivity index (χ0n) is 15.7. The van der Waals surface area contributed by atoms with E-state index in [0.29, 0.717) is 11.6 Å². The van der Waals surface area contributed by atoms with E-state index < -0.39 is 14.9 Å². The Morgan fingerprint density at radius 1 is 1.07 bits per heavy atom. The van der Waals surface area contributed by atoms with Gasteiger partial charge in [-0.2, -0.15) is 5.10 Å². The van der Waals surface area contributed by atoms with Crippen molar-refractivity contribution in [2.75, 3.05) is 18.4 Å². The number of benzene rings is 1. The van der Waals surface area contributed by atoms with Gasteiger partial charge in [0.1, 0.15) is 5.82 Å². The van der Waals surface area contributed by atoms with Crippen LogP contribution < -0.4 is 10.0 Å². The Morgan fingerprint density at radius 3 is 2.34 bits per heavy atom. The number of anilines is 1. The van der Waals surface area contributed by atoms with Gasteiger partial charge in [-0.25, -0.2) is 17.8 Å². The van der Waals surface area contributed by atoms with Gasteiger partial charge in [-0.15, -0.1) is 10.2 Å². The number of sulfonamides is 1. The maximum absolute atomic E-state index is 12.2. The summed E-state index contributed by atoms with van der Waals surface area (Å²) in [6.07, 6.45) is 0. The number of nitrogens with zero attached hydrogens (tertiary/aromatic N) is 5. The van der Waals surface area contributed by atoms with Crippen LogP contribution in [0.5, 0.6) is 0 Å². The number of nitro benzene ring substituents is 1. The molecule has 2 aromatic heterocycles. The van der Waals surface area contributed by atoms with E-state index >= 15 is 0 Å². The van der Waals surface area contributed by atoms with Gasteiger partial charge in [0.15, 0.2) is 5.82 Å². The molecule has 152 valence electrons. The number of non-ortho nitro benzene ring substituents is 1. The summed E-state index contributed by atoms with van der Waals surface area (Å²) in [6.45, 7) is 4.19. The van der Waals surface area contributed by atoms with E-state index in [1.54, 1.807) is 16.8 Å². The van der Waals surface area contributed by atoms with Crippen molar-refractivity contribution in [3.8, 4) is 5.82 Å². The normalized spacial score (nSPS) is 11.4. The van der Waals surface area contributed by atoms with E-state index in [2.05, 4.69) is 25.3 Å². The molecule has 3 rings (SSSR count). The van der Waals surface area contributed by atoms with E-state index in [9.17, 15) is 18.5 Å². The minimum atomic E-state index is -3.76. The van der Waals surface area contributed by atoms with Crippen LogP contribution in [0.1, 0.15) is 11.4 Å². The van der Waals surface area contributed by atoms with E-state index in [4.69, 9.17) is 0 Å². The predicted octanol–water partition coefficient (Wildman–Crippen LogP) is 1.58. The molecule has 0 fully saturated rings. The molecular formula is C17H19N7O4S. The molecule has 0 aliphatic heterocycles. The summed E-state index contributed by atoms with van der Waals surface area (Å²) in [5, 5.41) is 26.1. The lowest BCUT2D eigenvalue weighted by molar-refractivity contribution is -0.384. The fourth-order valence-corrected chi connectivity index (χ4v) is 3.63. The third kappa shape index (κ3) is 4.92. The first-order valence-electron chi connectivity index (χ1n) is 8.61. The molecule has 0 unspecified atom stereocenters. The molecule has 29 heavy (non-hydrogen) atoms. The Kier molecular flexibility index (Phi) is 5.84. The maximum Gasteiger partial charge on any atom is 0.269 e. The van der Waals surface area contributed by atoms with Gasteiger partial charge in [-0.1, -0.05) is 0 Å². The number of nitro groups is 1. The topological polar surface area (TPSA) is 145 Å². The van der Waals surface area contributed by atoms with E-state index in [1.165, 1.54) is 12.1 Å². The van der Waals surface area contributed by atoms with Crippen molar-refractivity contribution in [2.24, 2.45) is 0 Å². The standard InChI is InChI=1S/C17H19N7O4S/c1-12-11-13(2)23(22-12)17-8-7-16(20-21-17)18-9-10-19-29(27,28)15-5-3-14(4-6-15)24(25)26/h3-8,11,19H,9-10H2,1-2H3,(H,18,20). The molecule has 0 atom stereocenters. The zero-order valence-corrected chi connectivity index (χ0v) is 16.5. The summed E-state index contributed by atoms with van der Waals surface area (Å²) >= 11 is 0. The molecule has 3 aromatic rings. The minimum absolute atomic E-state index is 0.0443. The number of aromatic nitrogens is 4. The fourth-order valence-electron chi connectivity index (χ4n) is 2.60. The second-order valence-corrected chi connectivity index (χ2v) is 7.96. The van der Waals surface area contributed by atoms with Crippen LogP contribution in [0.2, 0.25) is 0 Å². The van der Waals surface area contributed by atoms with Crippen LogP contribution in [0.15, 0.2) is 47.4 Å². The van der Waals surface area contributed by atoms with Crippen LogP contribution in [0.25, 0.3) is 5.82 Å². The summed E-state index contributed by atoms with van der Waals surface area (Å²) in [5.41, 5.74) is 1.65. The molecule has 0 saturated carbocycles. The van der Waals surface area contributed by atoms with Gasteiger partial charge in [-0.05, 0) is 44.2 Å². The van der Waals surface area contributed by atoms with Crippen molar-refractivity contribution >= 4 is 21.5 Å². The summed E-state index contributed by atoms with van der Waals surface area (Å²) in [5.74, 6) is 1.07. The largest absolute Gasteiger partial charge is 0.367 e. The summed E-state index contributed by atoms with van der Waals surface area (Å²) in [7, 11) is -3.76. The molecule has 12 heteroatoms. The Labute approximate surface area is 167 Å². The average Bonchev–Trinajstić information content (AvgIpc) is 3.04. The lowest BCUT2D eigenvalue weighted by atomic mass is 10.3. The number of aryl methyl sites for hydroxylation is 2. The molecule has 0 saturated heterocycles. The first kappa shape index (κ1) is 20.4. The second kappa shape index (κ2) is 8.32. The molecule has 2 N–H and O–H groups in total. The predicted molar refractivity (Wildman–Crippen MR) is 105 cm³/mol. The number of nitrogens with one attached hydrogen (secondary N) is 2. The second-order valence-electron chi connectivity index (χ2n) is 6.19. The Morgan fingerprint density at radius 2 is 1.79 bits per heavy atom. The van der Waals surface area contributed by atoms with Crippen molar-refractivity contribution in [1.82, 2.24) is 24.7 Å². The number of rotatable bonds is 8. The molecule has 11 nitrogen and oxygen atoms in total. The third-order valence-corrected chi connectivity index (χ3v) is 5.44. The van der Waals surface area contributed by atoms with E-state index in [-0.39, 0.29) is 23.7 Å². The monoisotopic (exact) mass is 417 g/mol. The van der Waals surface area contributed by atoms with Crippen molar-refractivity contribution in [1.29, 1.82) is 0 Å². The highest BCUT2D eigenvalue weighted by Gasteiger charge is 2.15. The molecule has 2 heterocycles. The fraction of sp³-hybridized carbons (Fsp3) is 0.235. The molecule has 0 spiro atoms. The van der Waals surface area contributed by atoms with E-state index in [0.717, 1.165) is 23.5 Å². The first-order valence-corrected chi connectivity index (χ1v) is 10.1. The maximum atomic E-state index is 12.2. The molecule has 0 aliphatic rings. The smallest absolute Gasteiger partial charge is 0.269 e. The van der Waals surface area contributed by atoms with Crippen LogP contribution in [0.3, 0.4) is 0 Å². The lowest BCUT2D eigenvalue weighted by Crippen LogP contribution is -2.29. The zero-order chi connectivity index (χ0) is 21.0. The highest BCUT2D eigenvalue weighted by molar-refractivity contribution is 7.89.